The number of rotatable bonds is 2. The minimum atomic E-state index is -4.28. The van der Waals surface area contributed by atoms with Crippen molar-refractivity contribution in [1.82, 2.24) is 10.2 Å². The van der Waals surface area contributed by atoms with E-state index < -0.39 is 18.1 Å². The molecule has 0 aromatic rings. The predicted octanol–water partition coefficient (Wildman–Crippen LogP) is 1.60. The van der Waals surface area contributed by atoms with Crippen LogP contribution in [0.1, 0.15) is 38.5 Å². The fourth-order valence-electron chi connectivity index (χ4n) is 2.82. The van der Waals surface area contributed by atoms with Crippen molar-refractivity contribution in [2.75, 3.05) is 13.1 Å². The predicted molar refractivity (Wildman–Crippen MR) is 61.2 cm³/mol. The van der Waals surface area contributed by atoms with Crippen molar-refractivity contribution in [3.05, 3.63) is 0 Å². The van der Waals surface area contributed by atoms with Crippen molar-refractivity contribution in [1.29, 1.82) is 0 Å². The molecule has 1 spiro atoms. The molecule has 1 N–H and O–H groups in total. The molecular weight excluding hydrogens is 261 g/mol. The Labute approximate surface area is 109 Å². The molecule has 19 heavy (non-hydrogen) atoms. The number of amides is 2. The maximum Gasteiger partial charge on any atom is 0.390 e. The number of halogens is 3. The number of hydrogen-bond donors (Lipinski definition) is 1. The van der Waals surface area contributed by atoms with E-state index in [9.17, 15) is 22.8 Å². The van der Waals surface area contributed by atoms with E-state index in [4.69, 9.17) is 0 Å². The van der Waals surface area contributed by atoms with E-state index in [1.54, 1.807) is 0 Å². The molecule has 0 unspecified atom stereocenters. The minimum absolute atomic E-state index is 0.0719. The van der Waals surface area contributed by atoms with Gasteiger partial charge in [0.25, 0.3) is 0 Å². The normalized spacial score (nSPS) is 23.6. The molecule has 2 aliphatic rings. The Bertz CT molecular complexity index is 376. The largest absolute Gasteiger partial charge is 0.390 e. The average molecular weight is 278 g/mol. The smallest absolute Gasteiger partial charge is 0.342 e. The molecular formula is C12H17F3N2O2. The van der Waals surface area contributed by atoms with Gasteiger partial charge in [-0.05, 0) is 12.8 Å². The van der Waals surface area contributed by atoms with Gasteiger partial charge in [-0.2, -0.15) is 13.2 Å². The SMILES string of the molecule is O=C1CCN(CCC(F)(F)F)C(=O)C2(CCCC2)N1. The second-order valence-electron chi connectivity index (χ2n) is 5.24. The third kappa shape index (κ3) is 3.19. The molecule has 0 aromatic carbocycles. The van der Waals surface area contributed by atoms with Gasteiger partial charge in [0, 0.05) is 19.5 Å². The first-order valence-corrected chi connectivity index (χ1v) is 6.50. The van der Waals surface area contributed by atoms with Crippen molar-refractivity contribution in [2.24, 2.45) is 0 Å². The van der Waals surface area contributed by atoms with Crippen molar-refractivity contribution in [3.63, 3.8) is 0 Å². The van der Waals surface area contributed by atoms with Crippen molar-refractivity contribution < 1.29 is 22.8 Å². The molecule has 1 saturated carbocycles. The van der Waals surface area contributed by atoms with Gasteiger partial charge in [-0.3, -0.25) is 9.59 Å². The summed E-state index contributed by atoms with van der Waals surface area (Å²) in [6.45, 7) is -0.290. The van der Waals surface area contributed by atoms with Crippen LogP contribution in [-0.2, 0) is 9.59 Å². The van der Waals surface area contributed by atoms with Crippen molar-refractivity contribution >= 4 is 11.8 Å². The summed E-state index contributed by atoms with van der Waals surface area (Å²) in [5, 5.41) is 2.72. The summed E-state index contributed by atoms with van der Waals surface area (Å²) in [6, 6.07) is 0. The number of hydrogen-bond acceptors (Lipinski definition) is 2. The first-order valence-electron chi connectivity index (χ1n) is 6.50. The van der Waals surface area contributed by atoms with E-state index in [-0.39, 0.29) is 31.3 Å². The average Bonchev–Trinajstić information content (AvgIpc) is 2.72. The van der Waals surface area contributed by atoms with E-state index in [1.165, 1.54) is 4.90 Å². The molecule has 1 aliphatic carbocycles. The number of alkyl halides is 3. The maximum atomic E-state index is 12.4. The standard InChI is InChI=1S/C12H17F3N2O2/c13-12(14,15)6-8-17-7-3-9(18)16-11(10(17)19)4-1-2-5-11/h1-8H2,(H,16,18). The van der Waals surface area contributed by atoms with Gasteiger partial charge in [0.1, 0.15) is 5.54 Å². The van der Waals surface area contributed by atoms with Crippen LogP contribution >= 0.6 is 0 Å². The molecule has 4 nitrogen and oxygen atoms in total. The summed E-state index contributed by atoms with van der Waals surface area (Å²) in [6.07, 6.45) is -2.54. The number of carbonyl (C=O) groups excluding carboxylic acids is 2. The van der Waals surface area contributed by atoms with Gasteiger partial charge in [-0.15, -0.1) is 0 Å². The van der Waals surface area contributed by atoms with Crippen LogP contribution in [-0.4, -0.2) is 41.5 Å². The van der Waals surface area contributed by atoms with Crippen LogP contribution in [0.4, 0.5) is 13.2 Å². The zero-order valence-electron chi connectivity index (χ0n) is 10.6. The lowest BCUT2D eigenvalue weighted by Gasteiger charge is -2.31. The first-order chi connectivity index (χ1) is 8.82. The zero-order valence-corrected chi connectivity index (χ0v) is 10.6. The van der Waals surface area contributed by atoms with Gasteiger partial charge in [0.2, 0.25) is 11.8 Å². The molecule has 2 fully saturated rings. The molecule has 0 atom stereocenters. The fourth-order valence-corrected chi connectivity index (χ4v) is 2.82. The molecule has 2 rings (SSSR count). The molecule has 108 valence electrons. The van der Waals surface area contributed by atoms with Crippen LogP contribution in [0.25, 0.3) is 0 Å². The Morgan fingerprint density at radius 2 is 1.84 bits per heavy atom. The Morgan fingerprint density at radius 1 is 1.21 bits per heavy atom. The Balaban J connectivity index is 2.10. The van der Waals surface area contributed by atoms with Crippen LogP contribution in [0, 0.1) is 0 Å². The Kier molecular flexibility index (Phi) is 3.73. The summed E-state index contributed by atoms with van der Waals surface area (Å²) in [4.78, 5) is 25.2. The molecule has 0 radical (unpaired) electrons. The Hall–Kier alpha value is -1.27. The lowest BCUT2D eigenvalue weighted by atomic mass is 9.96. The Morgan fingerprint density at radius 3 is 2.42 bits per heavy atom. The highest BCUT2D eigenvalue weighted by Crippen LogP contribution is 2.33. The third-order valence-corrected chi connectivity index (χ3v) is 3.81. The van der Waals surface area contributed by atoms with Gasteiger partial charge < -0.3 is 10.2 Å². The second kappa shape index (κ2) is 5.02. The van der Waals surface area contributed by atoms with Gasteiger partial charge in [0.15, 0.2) is 0 Å². The fraction of sp³-hybridized carbons (Fsp3) is 0.833. The van der Waals surface area contributed by atoms with E-state index >= 15 is 0 Å². The molecule has 0 bridgehead atoms. The van der Waals surface area contributed by atoms with Crippen LogP contribution in [0.15, 0.2) is 0 Å². The summed E-state index contributed by atoms with van der Waals surface area (Å²) in [7, 11) is 0. The van der Waals surface area contributed by atoms with E-state index in [0.29, 0.717) is 12.8 Å². The lowest BCUT2D eigenvalue weighted by molar-refractivity contribution is -0.148. The van der Waals surface area contributed by atoms with E-state index in [2.05, 4.69) is 5.32 Å². The number of nitrogens with one attached hydrogen (secondary N) is 1. The topological polar surface area (TPSA) is 49.4 Å². The monoisotopic (exact) mass is 278 g/mol. The molecule has 1 heterocycles. The highest BCUT2D eigenvalue weighted by Gasteiger charge is 2.46. The first kappa shape index (κ1) is 14.1. The summed E-state index contributed by atoms with van der Waals surface area (Å²) in [5.74, 6) is -0.593. The highest BCUT2D eigenvalue weighted by molar-refractivity contribution is 5.93. The summed E-state index contributed by atoms with van der Waals surface area (Å²) < 4.78 is 36.8. The van der Waals surface area contributed by atoms with Gasteiger partial charge >= 0.3 is 6.18 Å². The minimum Gasteiger partial charge on any atom is -0.342 e. The van der Waals surface area contributed by atoms with Crippen LogP contribution in [0.5, 0.6) is 0 Å². The summed E-state index contributed by atoms with van der Waals surface area (Å²) in [5.41, 5.74) is -0.945. The van der Waals surface area contributed by atoms with Gasteiger partial charge in [-0.25, -0.2) is 0 Å². The molecule has 1 saturated heterocycles. The number of nitrogens with zero attached hydrogens (tertiary/aromatic N) is 1. The molecule has 1 aliphatic heterocycles. The number of carbonyl (C=O) groups is 2. The molecule has 2 amide bonds. The van der Waals surface area contributed by atoms with E-state index in [1.807, 2.05) is 0 Å². The quantitative estimate of drug-likeness (QED) is 0.834. The van der Waals surface area contributed by atoms with E-state index in [0.717, 1.165) is 12.8 Å². The molecule has 0 aromatic heterocycles. The lowest BCUT2D eigenvalue weighted by Crippen LogP contribution is -2.55. The third-order valence-electron chi connectivity index (χ3n) is 3.81. The second-order valence-corrected chi connectivity index (χ2v) is 5.24. The maximum absolute atomic E-state index is 12.4. The van der Waals surface area contributed by atoms with Gasteiger partial charge in [0.05, 0.1) is 6.42 Å². The van der Waals surface area contributed by atoms with Crippen LogP contribution < -0.4 is 5.32 Å². The zero-order chi connectivity index (χ0) is 14.1. The summed E-state index contributed by atoms with van der Waals surface area (Å²) >= 11 is 0. The molecule has 7 heteroatoms. The van der Waals surface area contributed by atoms with Gasteiger partial charge in [-0.1, -0.05) is 12.8 Å². The van der Waals surface area contributed by atoms with Crippen LogP contribution in [0.2, 0.25) is 0 Å². The van der Waals surface area contributed by atoms with Crippen molar-refractivity contribution in [2.45, 2.75) is 50.2 Å². The highest BCUT2D eigenvalue weighted by atomic mass is 19.4. The van der Waals surface area contributed by atoms with Crippen molar-refractivity contribution in [3.8, 4) is 0 Å². The van der Waals surface area contributed by atoms with Crippen LogP contribution in [0.3, 0.4) is 0 Å².